The number of aliphatic imine (C=N–C) groups is 1. The van der Waals surface area contributed by atoms with Gasteiger partial charge in [0.05, 0.1) is 11.3 Å². The topological polar surface area (TPSA) is 51.9 Å². The molecule has 0 spiro atoms. The predicted molar refractivity (Wildman–Crippen MR) is 74.5 cm³/mol. The highest BCUT2D eigenvalue weighted by molar-refractivity contribution is 6.30. The molecule has 21 heavy (non-hydrogen) atoms. The molecule has 1 aromatic heterocycles. The SMILES string of the molecule is C/N=C/c1c(C(F)(F)F)[nH]c(-c2ccc(Cl)cc2)c1C#N. The van der Waals surface area contributed by atoms with Crippen molar-refractivity contribution in [2.24, 2.45) is 4.99 Å². The number of aromatic amines is 1. The summed E-state index contributed by atoms with van der Waals surface area (Å²) in [5.74, 6) is 0. The Morgan fingerprint density at radius 1 is 1.29 bits per heavy atom. The van der Waals surface area contributed by atoms with Crippen LogP contribution in [0.4, 0.5) is 13.2 Å². The van der Waals surface area contributed by atoms with Crippen molar-refractivity contribution in [1.29, 1.82) is 5.26 Å². The first-order valence-electron chi connectivity index (χ1n) is 5.79. The summed E-state index contributed by atoms with van der Waals surface area (Å²) in [5.41, 5.74) is -0.823. The van der Waals surface area contributed by atoms with E-state index in [0.29, 0.717) is 10.6 Å². The summed E-state index contributed by atoms with van der Waals surface area (Å²) >= 11 is 5.76. The molecule has 0 aliphatic rings. The molecule has 0 saturated carbocycles. The lowest BCUT2D eigenvalue weighted by Crippen LogP contribution is -2.08. The van der Waals surface area contributed by atoms with Crippen LogP contribution in [0.15, 0.2) is 29.3 Å². The summed E-state index contributed by atoms with van der Waals surface area (Å²) in [7, 11) is 1.34. The van der Waals surface area contributed by atoms with E-state index < -0.39 is 11.9 Å². The summed E-state index contributed by atoms with van der Waals surface area (Å²) in [6.07, 6.45) is -3.58. The van der Waals surface area contributed by atoms with E-state index >= 15 is 0 Å². The van der Waals surface area contributed by atoms with Crippen LogP contribution in [0.2, 0.25) is 5.02 Å². The number of halogens is 4. The van der Waals surface area contributed by atoms with E-state index in [1.54, 1.807) is 30.3 Å². The number of nitrogens with zero attached hydrogens (tertiary/aromatic N) is 2. The Hall–Kier alpha value is -2.26. The number of benzene rings is 1. The molecule has 0 fully saturated rings. The Balaban J connectivity index is 2.73. The molecule has 1 N–H and O–H groups in total. The largest absolute Gasteiger partial charge is 0.431 e. The van der Waals surface area contributed by atoms with Gasteiger partial charge in [-0.3, -0.25) is 4.99 Å². The molecule has 1 aromatic carbocycles. The van der Waals surface area contributed by atoms with Gasteiger partial charge >= 0.3 is 6.18 Å². The second-order valence-corrected chi connectivity index (χ2v) is 4.60. The van der Waals surface area contributed by atoms with Gasteiger partial charge in [0.15, 0.2) is 0 Å². The van der Waals surface area contributed by atoms with Crippen molar-refractivity contribution in [3.63, 3.8) is 0 Å². The smallest absolute Gasteiger partial charge is 0.349 e. The Bertz CT molecular complexity index is 722. The summed E-state index contributed by atoms with van der Waals surface area (Å²) in [6, 6.07) is 7.97. The number of H-pyrrole nitrogens is 1. The Labute approximate surface area is 123 Å². The quantitative estimate of drug-likeness (QED) is 0.827. The van der Waals surface area contributed by atoms with Crippen LogP contribution >= 0.6 is 11.6 Å². The Morgan fingerprint density at radius 3 is 2.38 bits per heavy atom. The van der Waals surface area contributed by atoms with Crippen LogP contribution in [0.3, 0.4) is 0 Å². The highest BCUT2D eigenvalue weighted by Crippen LogP contribution is 2.36. The first-order chi connectivity index (χ1) is 9.88. The first kappa shape index (κ1) is 15.1. The maximum absolute atomic E-state index is 13.1. The van der Waals surface area contributed by atoms with Crippen LogP contribution in [-0.2, 0) is 6.18 Å². The minimum Gasteiger partial charge on any atom is -0.349 e. The van der Waals surface area contributed by atoms with Crippen LogP contribution in [0.5, 0.6) is 0 Å². The average Bonchev–Trinajstić information content (AvgIpc) is 2.78. The van der Waals surface area contributed by atoms with Crippen LogP contribution in [-0.4, -0.2) is 18.2 Å². The van der Waals surface area contributed by atoms with Gasteiger partial charge in [-0.2, -0.15) is 18.4 Å². The number of nitriles is 1. The molecule has 0 aliphatic carbocycles. The van der Waals surface area contributed by atoms with Gasteiger partial charge < -0.3 is 4.98 Å². The van der Waals surface area contributed by atoms with E-state index in [1.165, 1.54) is 7.05 Å². The highest BCUT2D eigenvalue weighted by Gasteiger charge is 2.37. The standard InChI is InChI=1S/C14H9ClF3N3/c1-20-7-11-10(6-19)12(21-13(11)14(16,17)18)8-2-4-9(15)5-3-8/h2-5,7,21H,1H3/b20-7+. The van der Waals surface area contributed by atoms with Gasteiger partial charge in [0.25, 0.3) is 0 Å². The minimum absolute atomic E-state index is 0.0939. The summed E-state index contributed by atoms with van der Waals surface area (Å²) in [6.45, 7) is 0. The van der Waals surface area contributed by atoms with Gasteiger partial charge in [-0.05, 0) is 17.7 Å². The molecule has 0 aliphatic heterocycles. The lowest BCUT2D eigenvalue weighted by Gasteiger charge is -2.04. The molecule has 0 unspecified atom stereocenters. The molecule has 0 amide bonds. The fraction of sp³-hybridized carbons (Fsp3) is 0.143. The molecule has 0 radical (unpaired) electrons. The van der Waals surface area contributed by atoms with E-state index in [1.807, 2.05) is 0 Å². The predicted octanol–water partition coefficient (Wildman–Crippen LogP) is 4.27. The van der Waals surface area contributed by atoms with Crippen LogP contribution in [0.1, 0.15) is 16.8 Å². The molecule has 108 valence electrons. The van der Waals surface area contributed by atoms with Crippen molar-refractivity contribution in [3.8, 4) is 17.3 Å². The van der Waals surface area contributed by atoms with Gasteiger partial charge in [-0.25, -0.2) is 0 Å². The number of aromatic nitrogens is 1. The van der Waals surface area contributed by atoms with Gasteiger partial charge in [0.2, 0.25) is 0 Å². The third-order valence-electron chi connectivity index (χ3n) is 2.83. The fourth-order valence-corrected chi connectivity index (χ4v) is 2.07. The number of rotatable bonds is 2. The number of nitrogens with one attached hydrogen (secondary N) is 1. The zero-order chi connectivity index (χ0) is 15.6. The lowest BCUT2D eigenvalue weighted by molar-refractivity contribution is -0.140. The number of alkyl halides is 3. The van der Waals surface area contributed by atoms with E-state index in [4.69, 9.17) is 11.6 Å². The second kappa shape index (κ2) is 5.62. The van der Waals surface area contributed by atoms with Gasteiger partial charge in [0.1, 0.15) is 11.8 Å². The monoisotopic (exact) mass is 311 g/mol. The summed E-state index contributed by atoms with van der Waals surface area (Å²) in [4.78, 5) is 5.87. The van der Waals surface area contributed by atoms with Crippen LogP contribution in [0.25, 0.3) is 11.3 Å². The van der Waals surface area contributed by atoms with E-state index in [-0.39, 0.29) is 16.8 Å². The first-order valence-corrected chi connectivity index (χ1v) is 6.17. The molecule has 3 nitrogen and oxygen atoms in total. The van der Waals surface area contributed by atoms with Crippen molar-refractivity contribution < 1.29 is 13.2 Å². The molecular weight excluding hydrogens is 303 g/mol. The van der Waals surface area contributed by atoms with Crippen molar-refractivity contribution in [2.75, 3.05) is 7.05 Å². The molecule has 1 heterocycles. The molecule has 2 rings (SSSR count). The van der Waals surface area contributed by atoms with Crippen molar-refractivity contribution in [2.45, 2.75) is 6.18 Å². The van der Waals surface area contributed by atoms with E-state index in [0.717, 1.165) is 6.21 Å². The normalized spacial score (nSPS) is 11.8. The van der Waals surface area contributed by atoms with E-state index in [2.05, 4.69) is 9.98 Å². The average molecular weight is 312 g/mol. The molecule has 0 atom stereocenters. The van der Waals surface area contributed by atoms with Crippen molar-refractivity contribution in [3.05, 3.63) is 46.1 Å². The van der Waals surface area contributed by atoms with Gasteiger partial charge in [0, 0.05) is 23.8 Å². The zero-order valence-electron chi connectivity index (χ0n) is 10.8. The maximum atomic E-state index is 13.1. The summed E-state index contributed by atoms with van der Waals surface area (Å²) in [5, 5.41) is 9.65. The van der Waals surface area contributed by atoms with Crippen molar-refractivity contribution in [1.82, 2.24) is 4.98 Å². The molecule has 2 aromatic rings. The maximum Gasteiger partial charge on any atom is 0.431 e. The molecule has 0 saturated heterocycles. The Kier molecular flexibility index (Phi) is 4.05. The molecule has 7 heteroatoms. The third kappa shape index (κ3) is 2.93. The zero-order valence-corrected chi connectivity index (χ0v) is 11.5. The number of hydrogen-bond acceptors (Lipinski definition) is 2. The highest BCUT2D eigenvalue weighted by atomic mass is 35.5. The lowest BCUT2D eigenvalue weighted by atomic mass is 10.1. The van der Waals surface area contributed by atoms with E-state index in [9.17, 15) is 18.4 Å². The molecule has 0 bridgehead atoms. The molecular formula is C14H9ClF3N3. The second-order valence-electron chi connectivity index (χ2n) is 4.17. The van der Waals surface area contributed by atoms with Gasteiger partial charge in [-0.15, -0.1) is 0 Å². The van der Waals surface area contributed by atoms with Crippen molar-refractivity contribution >= 4 is 17.8 Å². The van der Waals surface area contributed by atoms with Crippen LogP contribution < -0.4 is 0 Å². The Morgan fingerprint density at radius 2 is 1.90 bits per heavy atom. The fourth-order valence-electron chi connectivity index (χ4n) is 1.95. The van der Waals surface area contributed by atoms with Gasteiger partial charge in [-0.1, -0.05) is 23.7 Å². The third-order valence-corrected chi connectivity index (χ3v) is 3.08. The number of hydrogen-bond donors (Lipinski definition) is 1. The summed E-state index contributed by atoms with van der Waals surface area (Å²) < 4.78 is 39.2. The minimum atomic E-state index is -4.60. The van der Waals surface area contributed by atoms with Crippen LogP contribution in [0, 0.1) is 11.3 Å².